The molecule has 0 amide bonds. The van der Waals surface area contributed by atoms with Crippen LogP contribution in [0.2, 0.25) is 0 Å². The summed E-state index contributed by atoms with van der Waals surface area (Å²) in [4.78, 5) is 10.2. The number of nitrogens with zero attached hydrogens (tertiary/aromatic N) is 2. The van der Waals surface area contributed by atoms with Crippen molar-refractivity contribution in [3.63, 3.8) is 0 Å². The molecule has 9 aromatic rings. The number of benzene rings is 7. The molecule has 0 atom stereocenters. The molecule has 0 saturated carbocycles. The van der Waals surface area contributed by atoms with Gasteiger partial charge in [0.05, 0.1) is 16.8 Å². The van der Waals surface area contributed by atoms with Gasteiger partial charge in [-0.05, 0) is 52.6 Å². The normalized spacial score (nSPS) is 13.4. The average Bonchev–Trinajstić information content (AvgIpc) is 3.73. The summed E-state index contributed by atoms with van der Waals surface area (Å²) in [7, 11) is 0. The SMILES string of the molecule is c1ccc(-c2cc(-c3ccc4sc5ccc6c(c5c4c3)Oc3ccccc3C63c4ccccc4-c4ccccc43)nc(-c3ccccc3)n2)cc1. The van der Waals surface area contributed by atoms with Gasteiger partial charge in [0, 0.05) is 48.0 Å². The minimum atomic E-state index is -0.501. The van der Waals surface area contributed by atoms with E-state index in [2.05, 4.69) is 146 Å². The number of fused-ring (bicyclic) bond motifs is 13. The molecule has 1 aliphatic carbocycles. The molecule has 51 heavy (non-hydrogen) atoms. The minimum absolute atomic E-state index is 0.501. The second-order valence-corrected chi connectivity index (χ2v) is 14.3. The van der Waals surface area contributed by atoms with Gasteiger partial charge in [-0.3, -0.25) is 0 Å². The summed E-state index contributed by atoms with van der Waals surface area (Å²) in [5, 5.41) is 2.31. The van der Waals surface area contributed by atoms with Crippen molar-refractivity contribution in [2.24, 2.45) is 0 Å². The van der Waals surface area contributed by atoms with Crippen molar-refractivity contribution in [3.05, 3.63) is 192 Å². The molecule has 11 rings (SSSR count). The molecule has 2 aliphatic rings. The first-order valence-electron chi connectivity index (χ1n) is 17.2. The number of hydrogen-bond donors (Lipinski definition) is 0. The second-order valence-electron chi connectivity index (χ2n) is 13.3. The highest BCUT2D eigenvalue weighted by atomic mass is 32.1. The molecular weight excluding hydrogens is 641 g/mol. The van der Waals surface area contributed by atoms with Crippen LogP contribution in [0.25, 0.3) is 65.2 Å². The first kappa shape index (κ1) is 28.5. The Balaban J connectivity index is 1.18. The second kappa shape index (κ2) is 10.8. The van der Waals surface area contributed by atoms with Crippen LogP contribution in [0.5, 0.6) is 11.5 Å². The van der Waals surface area contributed by atoms with Gasteiger partial charge in [-0.25, -0.2) is 9.97 Å². The first-order chi connectivity index (χ1) is 25.3. The molecule has 4 heteroatoms. The highest BCUT2D eigenvalue weighted by Gasteiger charge is 2.51. The van der Waals surface area contributed by atoms with Crippen LogP contribution < -0.4 is 4.74 Å². The fraction of sp³-hybridized carbons (Fsp3) is 0.0213. The molecule has 0 saturated heterocycles. The van der Waals surface area contributed by atoms with Crippen LogP contribution >= 0.6 is 11.3 Å². The molecule has 1 spiro atoms. The van der Waals surface area contributed by atoms with E-state index in [9.17, 15) is 0 Å². The maximum absolute atomic E-state index is 7.05. The van der Waals surface area contributed by atoms with E-state index in [0.29, 0.717) is 5.82 Å². The van der Waals surface area contributed by atoms with Crippen LogP contribution in [0.15, 0.2) is 170 Å². The summed E-state index contributed by atoms with van der Waals surface area (Å²) in [6.07, 6.45) is 0. The molecule has 0 fully saturated rings. The summed E-state index contributed by atoms with van der Waals surface area (Å²) in [5.41, 5.74) is 11.9. The van der Waals surface area contributed by atoms with Crippen LogP contribution in [0, 0.1) is 0 Å². The third-order valence-corrected chi connectivity index (χ3v) is 11.7. The van der Waals surface area contributed by atoms with E-state index in [-0.39, 0.29) is 0 Å². The predicted molar refractivity (Wildman–Crippen MR) is 209 cm³/mol. The molecule has 3 nitrogen and oxygen atoms in total. The third kappa shape index (κ3) is 4.05. The van der Waals surface area contributed by atoms with Crippen molar-refractivity contribution in [1.29, 1.82) is 0 Å². The summed E-state index contributed by atoms with van der Waals surface area (Å²) in [6.45, 7) is 0. The lowest BCUT2D eigenvalue weighted by Gasteiger charge is -2.39. The van der Waals surface area contributed by atoms with E-state index in [1.54, 1.807) is 0 Å². The summed E-state index contributed by atoms with van der Waals surface area (Å²) in [5.74, 6) is 2.54. The van der Waals surface area contributed by atoms with Gasteiger partial charge in [0.15, 0.2) is 5.82 Å². The molecule has 238 valence electrons. The van der Waals surface area contributed by atoms with Gasteiger partial charge in [-0.1, -0.05) is 140 Å². The molecule has 7 aromatic carbocycles. The van der Waals surface area contributed by atoms with E-state index in [1.165, 1.54) is 48.2 Å². The average molecular weight is 669 g/mol. The van der Waals surface area contributed by atoms with Gasteiger partial charge in [0.1, 0.15) is 11.5 Å². The van der Waals surface area contributed by atoms with Crippen LogP contribution in [-0.2, 0) is 5.41 Å². The third-order valence-electron chi connectivity index (χ3n) is 10.6. The zero-order chi connectivity index (χ0) is 33.5. The molecular formula is C47H28N2OS. The van der Waals surface area contributed by atoms with Crippen LogP contribution in [0.1, 0.15) is 22.3 Å². The standard InChI is InChI=1S/C47H28N2OS/c1-3-13-29(14-4-1)39-28-40(49-46(48-39)30-15-5-2-6-16-30)31-23-25-42-34(27-31)44-43(51-42)26-24-38-45(44)50-41-22-12-11-21-37(41)47(38)35-19-9-7-17-32(35)33-18-8-10-20-36(33)47/h1-28H. The zero-order valence-corrected chi connectivity index (χ0v) is 28.2. The lowest BCUT2D eigenvalue weighted by atomic mass is 9.66. The Labute approximate surface area is 299 Å². The molecule has 0 radical (unpaired) electrons. The maximum Gasteiger partial charge on any atom is 0.160 e. The fourth-order valence-electron chi connectivity index (χ4n) is 8.40. The Morgan fingerprint density at radius 3 is 1.76 bits per heavy atom. The first-order valence-corrected chi connectivity index (χ1v) is 18.1. The van der Waals surface area contributed by atoms with E-state index in [0.717, 1.165) is 45.0 Å². The van der Waals surface area contributed by atoms with Crippen molar-refractivity contribution in [2.75, 3.05) is 0 Å². The molecule has 0 bridgehead atoms. The number of rotatable bonds is 3. The Bertz CT molecular complexity index is 2740. The van der Waals surface area contributed by atoms with Gasteiger partial charge >= 0.3 is 0 Å². The van der Waals surface area contributed by atoms with Crippen molar-refractivity contribution in [1.82, 2.24) is 9.97 Å². The highest BCUT2D eigenvalue weighted by molar-refractivity contribution is 7.25. The smallest absolute Gasteiger partial charge is 0.160 e. The molecule has 3 heterocycles. The minimum Gasteiger partial charge on any atom is -0.456 e. The van der Waals surface area contributed by atoms with E-state index in [1.807, 2.05) is 35.6 Å². The number of thiophene rings is 1. The Morgan fingerprint density at radius 1 is 0.451 bits per heavy atom. The van der Waals surface area contributed by atoms with Crippen LogP contribution in [-0.4, -0.2) is 9.97 Å². The summed E-state index contributed by atoms with van der Waals surface area (Å²) in [6, 6.07) is 60.4. The van der Waals surface area contributed by atoms with Crippen LogP contribution in [0.4, 0.5) is 0 Å². The van der Waals surface area contributed by atoms with Crippen LogP contribution in [0.3, 0.4) is 0 Å². The lowest BCUT2D eigenvalue weighted by Crippen LogP contribution is -2.32. The van der Waals surface area contributed by atoms with Gasteiger partial charge in [0.25, 0.3) is 0 Å². The van der Waals surface area contributed by atoms with E-state index < -0.39 is 5.41 Å². The van der Waals surface area contributed by atoms with Gasteiger partial charge in [0.2, 0.25) is 0 Å². The quantitative estimate of drug-likeness (QED) is 0.188. The molecule has 1 aliphatic heterocycles. The van der Waals surface area contributed by atoms with Crippen molar-refractivity contribution in [2.45, 2.75) is 5.41 Å². The molecule has 2 aromatic heterocycles. The van der Waals surface area contributed by atoms with Crippen molar-refractivity contribution < 1.29 is 4.74 Å². The van der Waals surface area contributed by atoms with Gasteiger partial charge in [-0.15, -0.1) is 11.3 Å². The largest absolute Gasteiger partial charge is 0.456 e. The summed E-state index contributed by atoms with van der Waals surface area (Å²) >= 11 is 1.81. The highest BCUT2D eigenvalue weighted by Crippen LogP contribution is 2.63. The van der Waals surface area contributed by atoms with Gasteiger partial charge < -0.3 is 4.74 Å². The topological polar surface area (TPSA) is 35.0 Å². The number of para-hydroxylation sites is 1. The Hall–Kier alpha value is -6.36. The number of ether oxygens (including phenoxy) is 1. The van der Waals surface area contributed by atoms with Crippen molar-refractivity contribution >= 4 is 31.5 Å². The Morgan fingerprint density at radius 2 is 1.04 bits per heavy atom. The predicted octanol–water partition coefficient (Wildman–Crippen LogP) is 12.3. The van der Waals surface area contributed by atoms with E-state index >= 15 is 0 Å². The van der Waals surface area contributed by atoms with E-state index in [4.69, 9.17) is 14.7 Å². The monoisotopic (exact) mass is 668 g/mol. The molecule has 0 unspecified atom stereocenters. The number of hydrogen-bond acceptors (Lipinski definition) is 4. The van der Waals surface area contributed by atoms with Crippen molar-refractivity contribution in [3.8, 4) is 56.5 Å². The fourth-order valence-corrected chi connectivity index (χ4v) is 9.49. The lowest BCUT2D eigenvalue weighted by molar-refractivity contribution is 0.442. The number of aromatic nitrogens is 2. The summed E-state index contributed by atoms with van der Waals surface area (Å²) < 4.78 is 9.47. The van der Waals surface area contributed by atoms with Gasteiger partial charge in [-0.2, -0.15) is 0 Å². The molecule has 0 N–H and O–H groups in total. The maximum atomic E-state index is 7.05. The Kier molecular flexibility index (Phi) is 6.04. The zero-order valence-electron chi connectivity index (χ0n) is 27.4.